The van der Waals surface area contributed by atoms with Crippen LogP contribution in [0.3, 0.4) is 0 Å². The molecule has 2 aliphatic rings. The highest BCUT2D eigenvalue weighted by molar-refractivity contribution is 5.33. The van der Waals surface area contributed by atoms with Gasteiger partial charge in [-0.15, -0.1) is 0 Å². The summed E-state index contributed by atoms with van der Waals surface area (Å²) in [5.41, 5.74) is 6.59. The first kappa shape index (κ1) is 20.2. The summed E-state index contributed by atoms with van der Waals surface area (Å²) in [6.07, 6.45) is 14.1. The van der Waals surface area contributed by atoms with Gasteiger partial charge in [0.1, 0.15) is 0 Å². The van der Waals surface area contributed by atoms with Crippen LogP contribution < -0.4 is 0 Å². The minimum Gasteiger partial charge on any atom is -0.0620 e. The van der Waals surface area contributed by atoms with Gasteiger partial charge in [0.05, 0.1) is 0 Å². The molecule has 0 N–H and O–H groups in total. The van der Waals surface area contributed by atoms with Gasteiger partial charge in [0.2, 0.25) is 0 Å². The van der Waals surface area contributed by atoms with Crippen LogP contribution in [0.1, 0.15) is 99.3 Å². The molecule has 146 valence electrons. The molecule has 0 aromatic heterocycles. The summed E-state index contributed by atoms with van der Waals surface area (Å²) in [4.78, 5) is 0. The number of hydrogen-bond acceptors (Lipinski definition) is 0. The largest absolute Gasteiger partial charge is 0.0620 e. The zero-order chi connectivity index (χ0) is 19.1. The molecule has 2 aromatic rings. The minimum atomic E-state index is 0.462. The molecule has 2 aromatic carbocycles. The third kappa shape index (κ3) is 5.24. The second kappa shape index (κ2) is 9.58. The lowest BCUT2D eigenvalue weighted by Gasteiger charge is -2.35. The van der Waals surface area contributed by atoms with Crippen LogP contribution in [-0.2, 0) is 5.41 Å². The van der Waals surface area contributed by atoms with Gasteiger partial charge in [0, 0.05) is 0 Å². The van der Waals surface area contributed by atoms with Gasteiger partial charge in [-0.2, -0.15) is 0 Å². The molecule has 4 rings (SSSR count). The Morgan fingerprint density at radius 1 is 0.667 bits per heavy atom. The number of aryl methyl sites for hydroxylation is 2. The molecule has 0 atom stereocenters. The molecular formula is C27H38. The SMILES string of the molecule is Cc1ccccc1C1(C)CCCCC1.Cc1ccccc1C1CCCCC1. The first-order chi connectivity index (χ1) is 13.1. The first-order valence-corrected chi connectivity index (χ1v) is 11.2. The molecule has 0 heteroatoms. The molecule has 0 nitrogen and oxygen atoms in total. The number of benzene rings is 2. The topological polar surface area (TPSA) is 0 Å². The van der Waals surface area contributed by atoms with Crippen LogP contribution in [0.5, 0.6) is 0 Å². The van der Waals surface area contributed by atoms with Crippen molar-refractivity contribution in [1.82, 2.24) is 0 Å². The molecule has 0 saturated heterocycles. The van der Waals surface area contributed by atoms with Gasteiger partial charge in [0.15, 0.2) is 0 Å². The fourth-order valence-corrected chi connectivity index (χ4v) is 5.31. The van der Waals surface area contributed by atoms with E-state index in [9.17, 15) is 0 Å². The lowest BCUT2D eigenvalue weighted by molar-refractivity contribution is 0.318. The standard InChI is InChI=1S/C14H20.C13H18/c1-12-8-4-5-9-13(12)14(2)10-6-3-7-11-14;1-11-7-5-6-10-13(11)12-8-3-2-4-9-12/h4-5,8-9H,3,6-7,10-11H2,1-2H3;5-7,10,12H,2-4,8-9H2,1H3. The highest BCUT2D eigenvalue weighted by Crippen LogP contribution is 2.40. The Morgan fingerprint density at radius 3 is 1.85 bits per heavy atom. The van der Waals surface area contributed by atoms with Gasteiger partial charge in [-0.1, -0.05) is 94.0 Å². The third-order valence-corrected chi connectivity index (χ3v) is 6.99. The van der Waals surface area contributed by atoms with E-state index in [-0.39, 0.29) is 0 Å². The van der Waals surface area contributed by atoms with Crippen LogP contribution in [0, 0.1) is 13.8 Å². The molecule has 0 bridgehead atoms. The average Bonchev–Trinajstić information content (AvgIpc) is 2.70. The Bertz CT molecular complexity index is 699. The van der Waals surface area contributed by atoms with Gasteiger partial charge in [-0.05, 0) is 73.1 Å². The summed E-state index contributed by atoms with van der Waals surface area (Å²) >= 11 is 0. The Kier molecular flexibility index (Phi) is 7.16. The van der Waals surface area contributed by atoms with Crippen molar-refractivity contribution in [2.75, 3.05) is 0 Å². The lowest BCUT2D eigenvalue weighted by atomic mass is 9.70. The summed E-state index contributed by atoms with van der Waals surface area (Å²) in [5, 5.41) is 0. The molecule has 0 aliphatic heterocycles. The van der Waals surface area contributed by atoms with E-state index < -0.39 is 0 Å². The molecule has 0 heterocycles. The maximum atomic E-state index is 2.44. The number of rotatable bonds is 2. The smallest absolute Gasteiger partial charge is 0.00726 e. The molecule has 0 unspecified atom stereocenters. The summed E-state index contributed by atoms with van der Waals surface area (Å²) in [7, 11) is 0. The van der Waals surface area contributed by atoms with Crippen molar-refractivity contribution in [3.8, 4) is 0 Å². The molecule has 27 heavy (non-hydrogen) atoms. The van der Waals surface area contributed by atoms with Gasteiger partial charge in [-0.3, -0.25) is 0 Å². The zero-order valence-electron chi connectivity index (χ0n) is 17.8. The summed E-state index contributed by atoms with van der Waals surface area (Å²) in [5.74, 6) is 0.856. The molecule has 0 amide bonds. The van der Waals surface area contributed by atoms with Crippen molar-refractivity contribution in [1.29, 1.82) is 0 Å². The van der Waals surface area contributed by atoms with Crippen LogP contribution in [0.2, 0.25) is 0 Å². The predicted octanol–water partition coefficient (Wildman–Crippen LogP) is 8.26. The van der Waals surface area contributed by atoms with E-state index in [0.717, 1.165) is 5.92 Å². The lowest BCUT2D eigenvalue weighted by Crippen LogP contribution is -2.25. The van der Waals surface area contributed by atoms with Gasteiger partial charge in [0.25, 0.3) is 0 Å². The van der Waals surface area contributed by atoms with Crippen LogP contribution in [0.4, 0.5) is 0 Å². The van der Waals surface area contributed by atoms with Crippen molar-refractivity contribution in [3.05, 3.63) is 70.8 Å². The summed E-state index contributed by atoms with van der Waals surface area (Å²) in [6.45, 7) is 6.92. The fraction of sp³-hybridized carbons (Fsp3) is 0.556. The van der Waals surface area contributed by atoms with E-state index in [1.54, 1.807) is 11.1 Å². The van der Waals surface area contributed by atoms with Crippen molar-refractivity contribution >= 4 is 0 Å². The van der Waals surface area contributed by atoms with Crippen molar-refractivity contribution in [2.45, 2.75) is 96.3 Å². The van der Waals surface area contributed by atoms with E-state index in [0.29, 0.717) is 5.41 Å². The van der Waals surface area contributed by atoms with Crippen LogP contribution in [0.25, 0.3) is 0 Å². The van der Waals surface area contributed by atoms with E-state index in [1.807, 2.05) is 0 Å². The fourth-order valence-electron chi connectivity index (χ4n) is 5.31. The van der Waals surface area contributed by atoms with Crippen molar-refractivity contribution in [3.63, 3.8) is 0 Å². The van der Waals surface area contributed by atoms with E-state index in [4.69, 9.17) is 0 Å². The molecule has 2 saturated carbocycles. The molecule has 2 aliphatic carbocycles. The van der Waals surface area contributed by atoms with Crippen molar-refractivity contribution in [2.24, 2.45) is 0 Å². The monoisotopic (exact) mass is 362 g/mol. The maximum absolute atomic E-state index is 2.44. The molecular weight excluding hydrogens is 324 g/mol. The van der Waals surface area contributed by atoms with Gasteiger partial charge < -0.3 is 0 Å². The molecule has 0 spiro atoms. The zero-order valence-corrected chi connectivity index (χ0v) is 17.8. The Labute approximate surface area is 167 Å². The molecule has 0 radical (unpaired) electrons. The maximum Gasteiger partial charge on any atom is -0.00726 e. The average molecular weight is 363 g/mol. The second-order valence-corrected chi connectivity index (χ2v) is 9.13. The Hall–Kier alpha value is -1.56. The third-order valence-electron chi connectivity index (χ3n) is 6.99. The predicted molar refractivity (Wildman–Crippen MR) is 119 cm³/mol. The quantitative estimate of drug-likeness (QED) is 0.504. The normalized spacial score (nSPS) is 19.8. The summed E-state index contributed by atoms with van der Waals surface area (Å²) < 4.78 is 0. The highest BCUT2D eigenvalue weighted by atomic mass is 14.3. The highest BCUT2D eigenvalue weighted by Gasteiger charge is 2.29. The Balaban J connectivity index is 0.000000156. The molecule has 2 fully saturated rings. The van der Waals surface area contributed by atoms with Crippen molar-refractivity contribution < 1.29 is 0 Å². The van der Waals surface area contributed by atoms with E-state index in [2.05, 4.69) is 69.3 Å². The second-order valence-electron chi connectivity index (χ2n) is 9.13. The minimum absolute atomic E-state index is 0.462. The van der Waals surface area contributed by atoms with Crippen LogP contribution in [0.15, 0.2) is 48.5 Å². The Morgan fingerprint density at radius 2 is 1.22 bits per heavy atom. The van der Waals surface area contributed by atoms with Gasteiger partial charge >= 0.3 is 0 Å². The van der Waals surface area contributed by atoms with Crippen LogP contribution >= 0.6 is 0 Å². The summed E-state index contributed by atoms with van der Waals surface area (Å²) in [6, 6.07) is 17.8. The van der Waals surface area contributed by atoms with E-state index >= 15 is 0 Å². The van der Waals surface area contributed by atoms with Gasteiger partial charge in [-0.25, -0.2) is 0 Å². The first-order valence-electron chi connectivity index (χ1n) is 11.2. The van der Waals surface area contributed by atoms with E-state index in [1.165, 1.54) is 75.3 Å². The number of hydrogen-bond donors (Lipinski definition) is 0. The van der Waals surface area contributed by atoms with Crippen LogP contribution in [-0.4, -0.2) is 0 Å².